The van der Waals surface area contributed by atoms with Crippen molar-refractivity contribution in [3.8, 4) is 0 Å². The van der Waals surface area contributed by atoms with Crippen LogP contribution in [0.15, 0.2) is 0 Å². The van der Waals surface area contributed by atoms with E-state index in [1.165, 1.54) is 0 Å². The molecule has 1 heterocycles. The maximum Gasteiger partial charge on any atom is 0.222 e. The van der Waals surface area contributed by atoms with E-state index in [-0.39, 0.29) is 0 Å². The van der Waals surface area contributed by atoms with Gasteiger partial charge in [-0.2, -0.15) is 0 Å². The summed E-state index contributed by atoms with van der Waals surface area (Å²) >= 11 is 0. The zero-order chi connectivity index (χ0) is 12.1. The molecule has 94 valence electrons. The maximum absolute atomic E-state index is 12.0. The number of nitrogens with two attached hydrogens (primary N) is 1. The number of amides is 1. The highest BCUT2D eigenvalue weighted by Gasteiger charge is 2.29. The molecule has 3 nitrogen and oxygen atoms in total. The number of nitrogens with zero attached hydrogens (tertiary/aromatic N) is 1. The van der Waals surface area contributed by atoms with E-state index in [1.54, 1.807) is 0 Å². The third-order valence-corrected chi connectivity index (χ3v) is 3.61. The fourth-order valence-corrected chi connectivity index (χ4v) is 2.59. The smallest absolute Gasteiger partial charge is 0.222 e. The van der Waals surface area contributed by atoms with Gasteiger partial charge in [-0.15, -0.1) is 0 Å². The summed E-state index contributed by atoms with van der Waals surface area (Å²) in [6.07, 6.45) is 3.86. The molecule has 3 atom stereocenters. The Balaban J connectivity index is 2.30. The van der Waals surface area contributed by atoms with Gasteiger partial charge in [0.2, 0.25) is 5.91 Å². The lowest BCUT2D eigenvalue weighted by Gasteiger charge is -2.22. The standard InChI is InChI=1S/C13H26N2O/c1-10(6-7-14)4-5-13(16)15-9-11(2)8-12(15)3/h10-12H,4-9,14H2,1-3H3. The summed E-state index contributed by atoms with van der Waals surface area (Å²) in [7, 11) is 0. The van der Waals surface area contributed by atoms with E-state index in [0.717, 1.165) is 32.4 Å². The van der Waals surface area contributed by atoms with Crippen molar-refractivity contribution < 1.29 is 4.79 Å². The van der Waals surface area contributed by atoms with Crippen molar-refractivity contribution in [2.75, 3.05) is 13.1 Å². The molecule has 1 rings (SSSR count). The molecule has 0 aliphatic carbocycles. The normalized spacial score (nSPS) is 27.1. The second-order valence-corrected chi connectivity index (χ2v) is 5.46. The Bertz CT molecular complexity index is 230. The minimum Gasteiger partial charge on any atom is -0.340 e. The fourth-order valence-electron chi connectivity index (χ4n) is 2.59. The fraction of sp³-hybridized carbons (Fsp3) is 0.923. The van der Waals surface area contributed by atoms with E-state index in [1.807, 2.05) is 0 Å². The molecule has 0 aromatic carbocycles. The largest absolute Gasteiger partial charge is 0.340 e. The lowest BCUT2D eigenvalue weighted by molar-refractivity contribution is -0.132. The van der Waals surface area contributed by atoms with Crippen LogP contribution in [-0.2, 0) is 4.79 Å². The Morgan fingerprint density at radius 1 is 1.44 bits per heavy atom. The molecule has 0 saturated carbocycles. The van der Waals surface area contributed by atoms with Gasteiger partial charge in [0.05, 0.1) is 0 Å². The second kappa shape index (κ2) is 6.24. The molecule has 0 spiro atoms. The van der Waals surface area contributed by atoms with Crippen LogP contribution in [0.4, 0.5) is 0 Å². The minimum atomic E-state index is 0.334. The Kier molecular flexibility index (Phi) is 5.26. The first kappa shape index (κ1) is 13.5. The third kappa shape index (κ3) is 3.78. The third-order valence-electron chi connectivity index (χ3n) is 3.61. The average molecular weight is 226 g/mol. The van der Waals surface area contributed by atoms with Crippen LogP contribution in [-0.4, -0.2) is 29.9 Å². The quantitative estimate of drug-likeness (QED) is 0.779. The van der Waals surface area contributed by atoms with Crippen LogP contribution in [0, 0.1) is 11.8 Å². The molecule has 0 radical (unpaired) electrons. The number of carbonyl (C=O) groups excluding carboxylic acids is 1. The summed E-state index contributed by atoms with van der Waals surface area (Å²) in [6, 6.07) is 0.437. The van der Waals surface area contributed by atoms with Gasteiger partial charge in [0.1, 0.15) is 0 Å². The highest BCUT2D eigenvalue weighted by molar-refractivity contribution is 5.76. The first-order valence-electron chi connectivity index (χ1n) is 6.54. The average Bonchev–Trinajstić information content (AvgIpc) is 2.55. The minimum absolute atomic E-state index is 0.334. The van der Waals surface area contributed by atoms with Crippen molar-refractivity contribution >= 4 is 5.91 Å². The van der Waals surface area contributed by atoms with Gasteiger partial charge < -0.3 is 10.6 Å². The molecule has 0 aromatic rings. The van der Waals surface area contributed by atoms with Crippen LogP contribution in [0.1, 0.15) is 46.5 Å². The van der Waals surface area contributed by atoms with Crippen molar-refractivity contribution in [2.45, 2.75) is 52.5 Å². The van der Waals surface area contributed by atoms with Gasteiger partial charge in [0.15, 0.2) is 0 Å². The first-order chi connectivity index (χ1) is 7.54. The Hall–Kier alpha value is -0.570. The van der Waals surface area contributed by atoms with Crippen LogP contribution in [0.5, 0.6) is 0 Å². The molecule has 1 aliphatic rings. The van der Waals surface area contributed by atoms with Crippen LogP contribution < -0.4 is 5.73 Å². The van der Waals surface area contributed by atoms with Crippen LogP contribution in [0.2, 0.25) is 0 Å². The van der Waals surface area contributed by atoms with E-state index in [2.05, 4.69) is 25.7 Å². The molecule has 0 bridgehead atoms. The number of likely N-dealkylation sites (tertiary alicyclic amines) is 1. The highest BCUT2D eigenvalue weighted by atomic mass is 16.2. The topological polar surface area (TPSA) is 46.3 Å². The monoisotopic (exact) mass is 226 g/mol. The lowest BCUT2D eigenvalue weighted by Crippen LogP contribution is -2.34. The van der Waals surface area contributed by atoms with E-state index >= 15 is 0 Å². The molecule has 16 heavy (non-hydrogen) atoms. The number of hydrogen-bond acceptors (Lipinski definition) is 2. The van der Waals surface area contributed by atoms with Crippen molar-refractivity contribution in [3.05, 3.63) is 0 Å². The van der Waals surface area contributed by atoms with E-state index < -0.39 is 0 Å². The predicted molar refractivity (Wildman–Crippen MR) is 67.0 cm³/mol. The Morgan fingerprint density at radius 2 is 2.12 bits per heavy atom. The molecule has 3 heteroatoms. The summed E-state index contributed by atoms with van der Waals surface area (Å²) in [5, 5.41) is 0. The Labute approximate surface area is 99.4 Å². The van der Waals surface area contributed by atoms with Crippen molar-refractivity contribution in [1.82, 2.24) is 4.90 Å². The molecular formula is C13H26N2O. The summed E-state index contributed by atoms with van der Waals surface area (Å²) in [6.45, 7) is 8.24. The lowest BCUT2D eigenvalue weighted by atomic mass is 10.0. The zero-order valence-electron chi connectivity index (χ0n) is 10.9. The van der Waals surface area contributed by atoms with Crippen LogP contribution in [0.25, 0.3) is 0 Å². The summed E-state index contributed by atoms with van der Waals surface area (Å²) in [5.74, 6) is 1.57. The van der Waals surface area contributed by atoms with E-state index in [0.29, 0.717) is 30.2 Å². The van der Waals surface area contributed by atoms with E-state index in [4.69, 9.17) is 5.73 Å². The van der Waals surface area contributed by atoms with Gasteiger partial charge in [-0.05, 0) is 44.6 Å². The molecule has 1 saturated heterocycles. The Morgan fingerprint density at radius 3 is 2.62 bits per heavy atom. The summed E-state index contributed by atoms with van der Waals surface area (Å²) < 4.78 is 0. The zero-order valence-corrected chi connectivity index (χ0v) is 10.9. The molecule has 1 amide bonds. The number of hydrogen-bond donors (Lipinski definition) is 1. The van der Waals surface area contributed by atoms with Gasteiger partial charge in [-0.25, -0.2) is 0 Å². The van der Waals surface area contributed by atoms with Gasteiger partial charge in [-0.1, -0.05) is 13.8 Å². The van der Waals surface area contributed by atoms with E-state index in [9.17, 15) is 4.79 Å². The van der Waals surface area contributed by atoms with Gasteiger partial charge in [-0.3, -0.25) is 4.79 Å². The number of carbonyl (C=O) groups is 1. The molecule has 1 aliphatic heterocycles. The molecule has 0 aromatic heterocycles. The van der Waals surface area contributed by atoms with Crippen molar-refractivity contribution in [3.63, 3.8) is 0 Å². The highest BCUT2D eigenvalue weighted by Crippen LogP contribution is 2.23. The van der Waals surface area contributed by atoms with Crippen molar-refractivity contribution in [1.29, 1.82) is 0 Å². The van der Waals surface area contributed by atoms with Gasteiger partial charge >= 0.3 is 0 Å². The summed E-state index contributed by atoms with van der Waals surface area (Å²) in [5.41, 5.74) is 5.50. The van der Waals surface area contributed by atoms with Crippen LogP contribution >= 0.6 is 0 Å². The van der Waals surface area contributed by atoms with Crippen molar-refractivity contribution in [2.24, 2.45) is 17.6 Å². The van der Waals surface area contributed by atoms with Gasteiger partial charge in [0.25, 0.3) is 0 Å². The predicted octanol–water partition coefficient (Wildman–Crippen LogP) is 2.01. The molecule has 2 N–H and O–H groups in total. The molecule has 3 unspecified atom stereocenters. The first-order valence-corrected chi connectivity index (χ1v) is 6.54. The second-order valence-electron chi connectivity index (χ2n) is 5.46. The maximum atomic E-state index is 12.0. The SMILES string of the molecule is CC(CCN)CCC(=O)N1CC(C)CC1C. The summed E-state index contributed by atoms with van der Waals surface area (Å²) in [4.78, 5) is 14.1. The number of rotatable bonds is 5. The molecule has 1 fully saturated rings. The van der Waals surface area contributed by atoms with Gasteiger partial charge in [0, 0.05) is 19.0 Å². The van der Waals surface area contributed by atoms with Crippen LogP contribution in [0.3, 0.4) is 0 Å². The molecular weight excluding hydrogens is 200 g/mol.